The third-order valence-electron chi connectivity index (χ3n) is 5.10. The number of nitrogen functional groups attached to an aromatic ring is 1. The fourth-order valence-corrected chi connectivity index (χ4v) is 3.53. The van der Waals surface area contributed by atoms with Crippen molar-refractivity contribution in [1.82, 2.24) is 9.88 Å². The second kappa shape index (κ2) is 7.94. The summed E-state index contributed by atoms with van der Waals surface area (Å²) < 4.78 is 28.8. The number of amides is 2. The first-order valence-electron chi connectivity index (χ1n) is 9.06. The molecule has 6 nitrogen and oxygen atoms in total. The summed E-state index contributed by atoms with van der Waals surface area (Å²) in [5.74, 6) is -5.58. The highest BCUT2D eigenvalue weighted by Crippen LogP contribution is 2.43. The second-order valence-electron chi connectivity index (χ2n) is 7.27. The number of aryl methyl sites for hydroxylation is 1. The number of halogens is 3. The molecule has 0 radical (unpaired) electrons. The van der Waals surface area contributed by atoms with Crippen molar-refractivity contribution in [1.29, 1.82) is 0 Å². The van der Waals surface area contributed by atoms with Crippen molar-refractivity contribution in [3.63, 3.8) is 0 Å². The third kappa shape index (κ3) is 4.48. The van der Waals surface area contributed by atoms with Crippen LogP contribution in [0.1, 0.15) is 31.9 Å². The Bertz CT molecular complexity index is 960. The molecule has 2 atom stereocenters. The maximum absolute atomic E-state index is 14.4. The number of rotatable bonds is 2. The summed E-state index contributed by atoms with van der Waals surface area (Å²) in [5.41, 5.74) is 7.04. The lowest BCUT2D eigenvalue weighted by Gasteiger charge is -2.42. The van der Waals surface area contributed by atoms with Gasteiger partial charge >= 0.3 is 11.8 Å². The summed E-state index contributed by atoms with van der Waals surface area (Å²) in [6, 6.07) is 7.00. The minimum atomic E-state index is -2.97. The van der Waals surface area contributed by atoms with Gasteiger partial charge in [0.05, 0.1) is 17.9 Å². The van der Waals surface area contributed by atoms with Gasteiger partial charge in [0, 0.05) is 25.3 Å². The molecule has 2 amide bonds. The monoisotopic (exact) mass is 424 g/mol. The molecule has 1 saturated heterocycles. The number of carbonyl (C=O) groups is 2. The van der Waals surface area contributed by atoms with Crippen LogP contribution in [0.2, 0.25) is 5.02 Å². The van der Waals surface area contributed by atoms with Crippen molar-refractivity contribution in [2.75, 3.05) is 17.6 Å². The van der Waals surface area contributed by atoms with Gasteiger partial charge in [0.15, 0.2) is 0 Å². The number of alkyl halides is 2. The lowest BCUT2D eigenvalue weighted by atomic mass is 9.86. The maximum Gasteiger partial charge on any atom is 0.313 e. The minimum absolute atomic E-state index is 0. The van der Waals surface area contributed by atoms with Crippen molar-refractivity contribution in [3.05, 3.63) is 52.7 Å². The number of aromatic nitrogens is 1. The van der Waals surface area contributed by atoms with Crippen LogP contribution in [0.25, 0.3) is 0 Å². The van der Waals surface area contributed by atoms with Gasteiger partial charge < -0.3 is 16.0 Å². The number of nitrogens with two attached hydrogens (primary N) is 1. The Kier molecular flexibility index (Phi) is 5.75. The second-order valence-corrected chi connectivity index (χ2v) is 7.71. The fourth-order valence-electron chi connectivity index (χ4n) is 3.33. The SMILES string of the molecule is Cc1cc(NC(=O)C(=O)N2C[C@@H](C)C(F)(F)C[C@@H]2c2cccc(Cl)c2)cnc1N.[HH]. The maximum atomic E-state index is 14.4. The zero-order valence-corrected chi connectivity index (χ0v) is 16.7. The van der Waals surface area contributed by atoms with Crippen LogP contribution in [0.3, 0.4) is 0 Å². The lowest BCUT2D eigenvalue weighted by Crippen LogP contribution is -2.52. The Hall–Kier alpha value is -2.74. The number of carbonyl (C=O) groups excluding carboxylic acids is 2. The van der Waals surface area contributed by atoms with Gasteiger partial charge in [-0.2, -0.15) is 0 Å². The Morgan fingerprint density at radius 1 is 1.38 bits per heavy atom. The molecule has 156 valence electrons. The molecule has 1 aromatic heterocycles. The van der Waals surface area contributed by atoms with Crippen molar-refractivity contribution in [2.45, 2.75) is 32.2 Å². The quantitative estimate of drug-likeness (QED) is 0.711. The van der Waals surface area contributed by atoms with Crippen molar-refractivity contribution in [3.8, 4) is 0 Å². The van der Waals surface area contributed by atoms with Crippen LogP contribution < -0.4 is 11.1 Å². The topological polar surface area (TPSA) is 88.3 Å². The summed E-state index contributed by atoms with van der Waals surface area (Å²) in [5, 5.41) is 2.83. The van der Waals surface area contributed by atoms with Gasteiger partial charge in [0.25, 0.3) is 5.92 Å². The van der Waals surface area contributed by atoms with E-state index >= 15 is 0 Å². The number of nitrogens with zero attached hydrogens (tertiary/aromatic N) is 2. The largest absolute Gasteiger partial charge is 0.383 e. The molecule has 29 heavy (non-hydrogen) atoms. The molecular weight excluding hydrogens is 402 g/mol. The van der Waals surface area contributed by atoms with Gasteiger partial charge in [-0.1, -0.05) is 30.7 Å². The molecule has 2 aromatic rings. The molecule has 1 aliphatic rings. The molecule has 0 spiro atoms. The number of hydrogen-bond donors (Lipinski definition) is 2. The third-order valence-corrected chi connectivity index (χ3v) is 5.33. The molecule has 9 heteroatoms. The number of anilines is 2. The van der Waals surface area contributed by atoms with Gasteiger partial charge in [0.1, 0.15) is 5.82 Å². The van der Waals surface area contributed by atoms with Crippen LogP contribution in [0.15, 0.2) is 36.5 Å². The molecule has 0 aliphatic carbocycles. The molecule has 0 saturated carbocycles. The highest BCUT2D eigenvalue weighted by molar-refractivity contribution is 6.39. The van der Waals surface area contributed by atoms with Crippen molar-refractivity contribution in [2.24, 2.45) is 5.92 Å². The van der Waals surface area contributed by atoms with E-state index in [1.165, 1.54) is 24.1 Å². The Morgan fingerprint density at radius 2 is 2.10 bits per heavy atom. The minimum Gasteiger partial charge on any atom is -0.383 e. The van der Waals surface area contributed by atoms with Crippen molar-refractivity contribution < 1.29 is 19.8 Å². The molecule has 1 aliphatic heterocycles. The Balaban J connectivity index is 0.00000320. The van der Waals surface area contributed by atoms with E-state index < -0.39 is 36.1 Å². The van der Waals surface area contributed by atoms with Gasteiger partial charge in [-0.3, -0.25) is 9.59 Å². The van der Waals surface area contributed by atoms with E-state index in [2.05, 4.69) is 10.3 Å². The summed E-state index contributed by atoms with van der Waals surface area (Å²) in [6.07, 6.45) is 0.741. The van der Waals surface area contributed by atoms with Crippen LogP contribution in [0, 0.1) is 12.8 Å². The molecule has 3 N–H and O–H groups in total. The van der Waals surface area contributed by atoms with Crippen molar-refractivity contribution >= 4 is 34.9 Å². The van der Waals surface area contributed by atoms with Gasteiger partial charge in [-0.05, 0) is 36.2 Å². The number of benzene rings is 1. The first-order chi connectivity index (χ1) is 13.6. The zero-order valence-electron chi connectivity index (χ0n) is 16.0. The molecule has 1 fully saturated rings. The van der Waals surface area contributed by atoms with Crippen LogP contribution in [0.4, 0.5) is 20.3 Å². The predicted molar refractivity (Wildman–Crippen MR) is 109 cm³/mol. The highest BCUT2D eigenvalue weighted by atomic mass is 35.5. The number of nitrogens with one attached hydrogen (secondary N) is 1. The summed E-state index contributed by atoms with van der Waals surface area (Å²) >= 11 is 6.00. The lowest BCUT2D eigenvalue weighted by molar-refractivity contribution is -0.159. The van der Waals surface area contributed by atoms with E-state index in [0.717, 1.165) is 0 Å². The molecule has 1 aromatic carbocycles. The van der Waals surface area contributed by atoms with Gasteiger partial charge in [-0.15, -0.1) is 0 Å². The molecule has 0 bridgehead atoms. The van der Waals surface area contributed by atoms with E-state index in [4.69, 9.17) is 17.3 Å². The number of pyridine rings is 1. The van der Waals surface area contributed by atoms with E-state index in [-0.39, 0.29) is 7.97 Å². The Morgan fingerprint density at radius 3 is 2.76 bits per heavy atom. The average molecular weight is 425 g/mol. The summed E-state index contributed by atoms with van der Waals surface area (Å²) in [4.78, 5) is 30.5. The normalized spacial score (nSPS) is 20.9. The first kappa shape index (κ1) is 21.0. The van der Waals surface area contributed by atoms with E-state index in [1.54, 1.807) is 31.2 Å². The van der Waals surface area contributed by atoms with Gasteiger partial charge in [0.2, 0.25) is 0 Å². The number of piperidine rings is 1. The summed E-state index contributed by atoms with van der Waals surface area (Å²) in [6.45, 7) is 2.82. The van der Waals surface area contributed by atoms with E-state index in [0.29, 0.717) is 27.7 Å². The number of likely N-dealkylation sites (tertiary alicyclic amines) is 1. The van der Waals surface area contributed by atoms with E-state index in [1.807, 2.05) is 0 Å². The van der Waals surface area contributed by atoms with Crippen LogP contribution in [-0.2, 0) is 9.59 Å². The van der Waals surface area contributed by atoms with Crippen LogP contribution in [0.5, 0.6) is 0 Å². The molecular formula is C20H23ClF2N4O2. The number of hydrogen-bond acceptors (Lipinski definition) is 4. The standard InChI is InChI=1S/C20H21ClF2N4O2.H2/c1-11-6-15(9-25-17(11)24)26-18(28)19(29)27-10-12(2)20(22,23)8-16(27)13-4-3-5-14(21)7-13;/h3-7,9,12,16H,8,10H2,1-2H3,(H2,24,25)(H,26,28);1H/t12-,16-;/m1./s1. The smallest absolute Gasteiger partial charge is 0.313 e. The van der Waals surface area contributed by atoms with Gasteiger partial charge in [-0.25, -0.2) is 13.8 Å². The first-order valence-corrected chi connectivity index (χ1v) is 9.43. The molecule has 0 unspecified atom stereocenters. The Labute approximate surface area is 173 Å². The zero-order chi connectivity index (χ0) is 21.3. The summed E-state index contributed by atoms with van der Waals surface area (Å²) in [7, 11) is 0. The molecule has 3 rings (SSSR count). The van der Waals surface area contributed by atoms with E-state index in [9.17, 15) is 18.4 Å². The highest BCUT2D eigenvalue weighted by Gasteiger charge is 2.48. The predicted octanol–water partition coefficient (Wildman–Crippen LogP) is 4.06. The molecule has 2 heterocycles. The fraction of sp³-hybridized carbons (Fsp3) is 0.350. The van der Waals surface area contributed by atoms with Crippen LogP contribution >= 0.6 is 11.6 Å². The average Bonchev–Trinajstić information content (AvgIpc) is 2.66. The van der Waals surface area contributed by atoms with Crippen LogP contribution in [-0.4, -0.2) is 34.2 Å².